The van der Waals surface area contributed by atoms with Crippen LogP contribution in [0.1, 0.15) is 36.4 Å². The van der Waals surface area contributed by atoms with Gasteiger partial charge in [-0.2, -0.15) is 0 Å². The number of aryl methyl sites for hydroxylation is 1. The highest BCUT2D eigenvalue weighted by atomic mass is 32.1. The maximum Gasteiger partial charge on any atom is 0.0897 e. The van der Waals surface area contributed by atoms with Crippen molar-refractivity contribution in [1.82, 2.24) is 10.3 Å². The number of hydrogen-bond acceptors (Lipinski definition) is 4. The van der Waals surface area contributed by atoms with Crippen LogP contribution in [0.5, 0.6) is 0 Å². The Morgan fingerprint density at radius 2 is 2.17 bits per heavy atom. The Morgan fingerprint density at radius 3 is 2.83 bits per heavy atom. The highest BCUT2D eigenvalue weighted by molar-refractivity contribution is 7.09. The molecule has 1 saturated carbocycles. The largest absolute Gasteiger partial charge is 0.330 e. The summed E-state index contributed by atoms with van der Waals surface area (Å²) in [7, 11) is 0. The minimum absolute atomic E-state index is 0.743. The Balaban J connectivity index is 1.65. The molecule has 0 aliphatic heterocycles. The molecule has 4 heteroatoms. The Bertz CT molecular complexity index is 351. The zero-order valence-electron chi connectivity index (χ0n) is 11.3. The van der Waals surface area contributed by atoms with Crippen molar-refractivity contribution in [1.29, 1.82) is 0 Å². The van der Waals surface area contributed by atoms with Gasteiger partial charge in [-0.1, -0.05) is 12.8 Å². The highest BCUT2D eigenvalue weighted by Gasteiger charge is 2.23. The van der Waals surface area contributed by atoms with Gasteiger partial charge in [0.05, 0.1) is 10.7 Å². The van der Waals surface area contributed by atoms with Gasteiger partial charge in [-0.05, 0) is 44.7 Å². The molecule has 0 amide bonds. The number of thiazole rings is 1. The molecule has 0 radical (unpaired) electrons. The molecule has 3 N–H and O–H groups in total. The van der Waals surface area contributed by atoms with E-state index in [4.69, 9.17) is 5.73 Å². The van der Waals surface area contributed by atoms with Gasteiger partial charge in [0, 0.05) is 18.3 Å². The lowest BCUT2D eigenvalue weighted by Gasteiger charge is -2.30. The number of nitrogens with zero attached hydrogens (tertiary/aromatic N) is 1. The minimum Gasteiger partial charge on any atom is -0.330 e. The first-order chi connectivity index (χ1) is 8.79. The number of rotatable bonds is 6. The number of aromatic nitrogens is 1. The van der Waals surface area contributed by atoms with Crippen LogP contribution in [0.3, 0.4) is 0 Å². The molecule has 1 aromatic heterocycles. The number of nitrogens with one attached hydrogen (secondary N) is 1. The van der Waals surface area contributed by atoms with Gasteiger partial charge in [-0.3, -0.25) is 0 Å². The lowest BCUT2D eigenvalue weighted by Crippen LogP contribution is -2.35. The van der Waals surface area contributed by atoms with E-state index in [1.54, 1.807) is 11.3 Å². The Labute approximate surface area is 114 Å². The smallest absolute Gasteiger partial charge is 0.0897 e. The first-order valence-corrected chi connectivity index (χ1v) is 7.99. The van der Waals surface area contributed by atoms with E-state index in [0.717, 1.165) is 37.9 Å². The fraction of sp³-hybridized carbons (Fsp3) is 0.786. The van der Waals surface area contributed by atoms with Gasteiger partial charge < -0.3 is 11.1 Å². The third-order valence-electron chi connectivity index (χ3n) is 4.00. The summed E-state index contributed by atoms with van der Waals surface area (Å²) in [5.41, 5.74) is 7.08. The molecule has 0 bridgehead atoms. The quantitative estimate of drug-likeness (QED) is 0.778. The van der Waals surface area contributed by atoms with Crippen molar-refractivity contribution in [3.05, 3.63) is 16.1 Å². The molecule has 2 atom stereocenters. The van der Waals surface area contributed by atoms with Crippen LogP contribution in [-0.4, -0.2) is 24.6 Å². The minimum atomic E-state index is 0.743. The summed E-state index contributed by atoms with van der Waals surface area (Å²) in [5.74, 6) is 1.54. The predicted octanol–water partition coefficient (Wildman–Crippen LogP) is 2.35. The lowest BCUT2D eigenvalue weighted by atomic mass is 9.79. The van der Waals surface area contributed by atoms with Crippen molar-refractivity contribution in [2.24, 2.45) is 17.6 Å². The van der Waals surface area contributed by atoms with Crippen molar-refractivity contribution in [3.8, 4) is 0 Å². The third kappa shape index (κ3) is 4.04. The molecule has 18 heavy (non-hydrogen) atoms. The van der Waals surface area contributed by atoms with Crippen LogP contribution in [0.2, 0.25) is 0 Å². The normalized spacial score (nSPS) is 24.3. The predicted molar refractivity (Wildman–Crippen MR) is 77.9 cm³/mol. The summed E-state index contributed by atoms with van der Waals surface area (Å²) in [5, 5.41) is 6.92. The Hall–Kier alpha value is -0.450. The second-order valence-electron chi connectivity index (χ2n) is 5.35. The van der Waals surface area contributed by atoms with Crippen LogP contribution in [0.25, 0.3) is 0 Å². The van der Waals surface area contributed by atoms with Gasteiger partial charge >= 0.3 is 0 Å². The Morgan fingerprint density at radius 1 is 1.39 bits per heavy atom. The first-order valence-electron chi connectivity index (χ1n) is 7.11. The maximum atomic E-state index is 5.86. The molecule has 3 nitrogen and oxygen atoms in total. The molecular weight excluding hydrogens is 242 g/mol. The summed E-state index contributed by atoms with van der Waals surface area (Å²) < 4.78 is 0. The van der Waals surface area contributed by atoms with E-state index in [-0.39, 0.29) is 0 Å². The molecular formula is C14H25N3S. The van der Waals surface area contributed by atoms with Crippen molar-refractivity contribution in [3.63, 3.8) is 0 Å². The van der Waals surface area contributed by atoms with Gasteiger partial charge in [0.2, 0.25) is 0 Å². The standard InChI is InChI=1S/C14H25N3S/c1-11-17-14(10-18-11)6-7-16-9-13-5-3-2-4-12(13)8-15/h10,12-13,16H,2-9,15H2,1H3. The molecule has 2 unspecified atom stereocenters. The van der Waals surface area contributed by atoms with Crippen molar-refractivity contribution >= 4 is 11.3 Å². The topological polar surface area (TPSA) is 50.9 Å². The van der Waals surface area contributed by atoms with E-state index in [0.29, 0.717) is 0 Å². The summed E-state index contributed by atoms with van der Waals surface area (Å²) >= 11 is 1.74. The summed E-state index contributed by atoms with van der Waals surface area (Å²) in [4.78, 5) is 4.48. The van der Waals surface area contributed by atoms with Gasteiger partial charge in [0.15, 0.2) is 0 Å². The molecule has 102 valence electrons. The van der Waals surface area contributed by atoms with Crippen molar-refractivity contribution in [2.45, 2.75) is 39.0 Å². The third-order valence-corrected chi connectivity index (χ3v) is 4.82. The average molecular weight is 267 g/mol. The van der Waals surface area contributed by atoms with Gasteiger partial charge in [0.25, 0.3) is 0 Å². The fourth-order valence-electron chi connectivity index (χ4n) is 2.89. The highest BCUT2D eigenvalue weighted by Crippen LogP contribution is 2.28. The van der Waals surface area contributed by atoms with Crippen LogP contribution in [0.15, 0.2) is 5.38 Å². The second-order valence-corrected chi connectivity index (χ2v) is 6.41. The number of nitrogens with two attached hydrogens (primary N) is 1. The van der Waals surface area contributed by atoms with Gasteiger partial charge in [-0.15, -0.1) is 11.3 Å². The molecule has 2 rings (SSSR count). The molecule has 0 saturated heterocycles. The van der Waals surface area contributed by atoms with Crippen LogP contribution < -0.4 is 11.1 Å². The van der Waals surface area contributed by atoms with E-state index in [1.165, 1.54) is 36.4 Å². The summed E-state index contributed by atoms with van der Waals surface area (Å²) in [6.45, 7) is 5.09. The maximum absolute atomic E-state index is 5.86. The second kappa shape index (κ2) is 7.22. The fourth-order valence-corrected chi connectivity index (χ4v) is 3.54. The van der Waals surface area contributed by atoms with Crippen LogP contribution in [-0.2, 0) is 6.42 Å². The first kappa shape index (κ1) is 14.0. The molecule has 1 aromatic rings. The SMILES string of the molecule is Cc1nc(CCNCC2CCCCC2CN)cs1. The summed E-state index contributed by atoms with van der Waals surface area (Å²) in [6, 6.07) is 0. The lowest BCUT2D eigenvalue weighted by molar-refractivity contribution is 0.236. The van der Waals surface area contributed by atoms with E-state index >= 15 is 0 Å². The molecule has 0 aromatic carbocycles. The van der Waals surface area contributed by atoms with Crippen molar-refractivity contribution < 1.29 is 0 Å². The number of hydrogen-bond donors (Lipinski definition) is 2. The van der Waals surface area contributed by atoms with E-state index in [2.05, 4.69) is 22.6 Å². The molecule has 1 aliphatic carbocycles. The van der Waals surface area contributed by atoms with Crippen LogP contribution in [0, 0.1) is 18.8 Å². The van der Waals surface area contributed by atoms with Gasteiger partial charge in [0.1, 0.15) is 0 Å². The van der Waals surface area contributed by atoms with E-state index < -0.39 is 0 Å². The van der Waals surface area contributed by atoms with E-state index in [9.17, 15) is 0 Å². The zero-order chi connectivity index (χ0) is 12.8. The molecule has 1 heterocycles. The van der Waals surface area contributed by atoms with Crippen LogP contribution in [0.4, 0.5) is 0 Å². The van der Waals surface area contributed by atoms with Gasteiger partial charge in [-0.25, -0.2) is 4.98 Å². The van der Waals surface area contributed by atoms with Crippen LogP contribution >= 0.6 is 11.3 Å². The zero-order valence-corrected chi connectivity index (χ0v) is 12.1. The van der Waals surface area contributed by atoms with E-state index in [1.807, 2.05) is 0 Å². The summed E-state index contributed by atoms with van der Waals surface area (Å²) in [6.07, 6.45) is 6.48. The van der Waals surface area contributed by atoms with Crippen molar-refractivity contribution in [2.75, 3.05) is 19.6 Å². The molecule has 0 spiro atoms. The molecule has 1 fully saturated rings. The molecule has 1 aliphatic rings. The monoisotopic (exact) mass is 267 g/mol. The average Bonchev–Trinajstić information content (AvgIpc) is 2.81. The Kier molecular flexibility index (Phi) is 5.60.